The quantitative estimate of drug-likeness (QED) is 0.810. The van der Waals surface area contributed by atoms with E-state index in [1.807, 2.05) is 0 Å². The summed E-state index contributed by atoms with van der Waals surface area (Å²) in [6, 6.07) is 0. The Morgan fingerprint density at radius 2 is 2.19 bits per heavy atom. The number of hydrogen-bond acceptors (Lipinski definition) is 4. The third-order valence-electron chi connectivity index (χ3n) is 2.53. The number of carboxylic acids is 1. The van der Waals surface area contributed by atoms with E-state index in [0.717, 1.165) is 25.9 Å². The van der Waals surface area contributed by atoms with Crippen LogP contribution < -0.4 is 4.90 Å². The highest BCUT2D eigenvalue weighted by molar-refractivity contribution is 6.30. The number of hydrogen-bond donors (Lipinski definition) is 1. The summed E-state index contributed by atoms with van der Waals surface area (Å²) in [6.45, 7) is 1.88. The van der Waals surface area contributed by atoms with Gasteiger partial charge in [-0.1, -0.05) is 11.6 Å². The fourth-order valence-corrected chi connectivity index (χ4v) is 1.92. The summed E-state index contributed by atoms with van der Waals surface area (Å²) in [4.78, 5) is 20.9. The van der Waals surface area contributed by atoms with Gasteiger partial charge in [-0.15, -0.1) is 0 Å². The number of halogens is 1. The van der Waals surface area contributed by atoms with Gasteiger partial charge in [-0.2, -0.15) is 0 Å². The highest BCUT2D eigenvalue weighted by Crippen LogP contribution is 2.20. The molecule has 5 nitrogen and oxygen atoms in total. The van der Waals surface area contributed by atoms with E-state index in [0.29, 0.717) is 11.5 Å². The van der Waals surface area contributed by atoms with Crippen LogP contribution in [0.15, 0.2) is 6.20 Å². The number of carbonyl (C=O) groups is 1. The Balaban J connectivity index is 2.18. The lowest BCUT2D eigenvalue weighted by atomic mass is 10.2. The van der Waals surface area contributed by atoms with Gasteiger partial charge in [0.15, 0.2) is 0 Å². The number of aliphatic carboxylic acids is 1. The fourth-order valence-electron chi connectivity index (χ4n) is 1.73. The summed E-state index contributed by atoms with van der Waals surface area (Å²) in [6.07, 6.45) is 3.63. The Morgan fingerprint density at radius 3 is 2.75 bits per heavy atom. The van der Waals surface area contributed by atoms with Crippen LogP contribution in [-0.2, 0) is 11.2 Å². The predicted molar refractivity (Wildman–Crippen MR) is 59.8 cm³/mol. The lowest BCUT2D eigenvalue weighted by Gasteiger charge is -2.15. The van der Waals surface area contributed by atoms with Crippen molar-refractivity contribution in [2.24, 2.45) is 0 Å². The molecule has 0 radical (unpaired) electrons. The lowest BCUT2D eigenvalue weighted by Crippen LogP contribution is -2.20. The average Bonchev–Trinajstić information content (AvgIpc) is 2.73. The molecule has 0 unspecified atom stereocenters. The molecular weight excluding hydrogens is 230 g/mol. The Bertz CT molecular complexity index is 405. The second-order valence-corrected chi connectivity index (χ2v) is 4.11. The summed E-state index contributed by atoms with van der Waals surface area (Å²) in [7, 11) is 0. The molecule has 1 aromatic rings. The van der Waals surface area contributed by atoms with Gasteiger partial charge in [0.25, 0.3) is 0 Å². The fraction of sp³-hybridized carbons (Fsp3) is 0.500. The molecule has 1 aliphatic heterocycles. The monoisotopic (exact) mass is 241 g/mol. The topological polar surface area (TPSA) is 66.3 Å². The van der Waals surface area contributed by atoms with Crippen molar-refractivity contribution in [1.29, 1.82) is 0 Å². The Labute approximate surface area is 98.1 Å². The van der Waals surface area contributed by atoms with Crippen LogP contribution in [-0.4, -0.2) is 34.1 Å². The van der Waals surface area contributed by atoms with E-state index in [2.05, 4.69) is 14.9 Å². The van der Waals surface area contributed by atoms with Crippen LogP contribution >= 0.6 is 11.6 Å². The highest BCUT2D eigenvalue weighted by atomic mass is 35.5. The molecule has 1 saturated heterocycles. The van der Waals surface area contributed by atoms with Crippen LogP contribution in [0.2, 0.25) is 5.15 Å². The zero-order valence-corrected chi connectivity index (χ0v) is 9.44. The van der Waals surface area contributed by atoms with E-state index in [1.165, 1.54) is 6.20 Å². The molecule has 0 aromatic carbocycles. The molecule has 0 saturated carbocycles. The molecule has 1 N–H and O–H groups in total. The summed E-state index contributed by atoms with van der Waals surface area (Å²) >= 11 is 5.91. The van der Waals surface area contributed by atoms with Gasteiger partial charge in [0.05, 0.1) is 6.42 Å². The highest BCUT2D eigenvalue weighted by Gasteiger charge is 2.16. The first-order valence-corrected chi connectivity index (χ1v) is 5.53. The SMILES string of the molecule is O=C(O)Cc1cnc(N2CCCC2)nc1Cl. The standard InChI is InChI=1S/C10H12ClN3O2/c11-9-7(5-8(15)16)6-12-10(13-9)14-3-1-2-4-14/h6H,1-5H2,(H,15,16). The molecule has 6 heteroatoms. The van der Waals surface area contributed by atoms with E-state index >= 15 is 0 Å². The van der Waals surface area contributed by atoms with Crippen molar-refractivity contribution >= 4 is 23.5 Å². The maximum absolute atomic E-state index is 10.5. The number of aromatic nitrogens is 2. The first-order valence-electron chi connectivity index (χ1n) is 5.15. The molecule has 0 atom stereocenters. The molecule has 0 bridgehead atoms. The Morgan fingerprint density at radius 1 is 1.50 bits per heavy atom. The van der Waals surface area contributed by atoms with E-state index in [9.17, 15) is 4.79 Å². The summed E-state index contributed by atoms with van der Waals surface area (Å²) in [5, 5.41) is 8.88. The molecule has 0 aliphatic carbocycles. The third kappa shape index (κ3) is 2.41. The van der Waals surface area contributed by atoms with Crippen molar-refractivity contribution in [1.82, 2.24) is 9.97 Å². The molecule has 1 fully saturated rings. The minimum atomic E-state index is -0.931. The molecule has 1 aromatic heterocycles. The van der Waals surface area contributed by atoms with Gasteiger partial charge >= 0.3 is 5.97 Å². The van der Waals surface area contributed by atoms with Crippen molar-refractivity contribution < 1.29 is 9.90 Å². The molecule has 0 amide bonds. The van der Waals surface area contributed by atoms with Crippen molar-refractivity contribution in [3.05, 3.63) is 16.9 Å². The molecule has 0 spiro atoms. The van der Waals surface area contributed by atoms with Gasteiger partial charge in [0.1, 0.15) is 5.15 Å². The van der Waals surface area contributed by atoms with Crippen molar-refractivity contribution in [3.8, 4) is 0 Å². The first-order chi connectivity index (χ1) is 7.66. The van der Waals surface area contributed by atoms with Gasteiger partial charge in [-0.05, 0) is 12.8 Å². The predicted octanol–water partition coefficient (Wildman–Crippen LogP) is 1.36. The van der Waals surface area contributed by atoms with Crippen LogP contribution in [0.3, 0.4) is 0 Å². The van der Waals surface area contributed by atoms with Crippen molar-refractivity contribution in [2.75, 3.05) is 18.0 Å². The van der Waals surface area contributed by atoms with Crippen LogP contribution in [0.25, 0.3) is 0 Å². The maximum Gasteiger partial charge on any atom is 0.307 e. The second kappa shape index (κ2) is 4.65. The van der Waals surface area contributed by atoms with Gasteiger partial charge in [0.2, 0.25) is 5.95 Å². The second-order valence-electron chi connectivity index (χ2n) is 3.75. The minimum absolute atomic E-state index is 0.140. The summed E-state index contributed by atoms with van der Waals surface area (Å²) in [5.41, 5.74) is 0.456. The number of nitrogens with zero attached hydrogens (tertiary/aromatic N) is 3. The first kappa shape index (κ1) is 11.1. The van der Waals surface area contributed by atoms with Crippen molar-refractivity contribution in [2.45, 2.75) is 19.3 Å². The van der Waals surface area contributed by atoms with Crippen molar-refractivity contribution in [3.63, 3.8) is 0 Å². The molecule has 2 rings (SSSR count). The Kier molecular flexibility index (Phi) is 3.24. The Hall–Kier alpha value is -1.36. The van der Waals surface area contributed by atoms with E-state index in [1.54, 1.807) is 0 Å². The molecular formula is C10H12ClN3O2. The molecule has 86 valence electrons. The van der Waals surface area contributed by atoms with E-state index in [4.69, 9.17) is 16.7 Å². The molecule has 1 aliphatic rings. The van der Waals surface area contributed by atoms with E-state index < -0.39 is 5.97 Å². The summed E-state index contributed by atoms with van der Waals surface area (Å²) in [5.74, 6) is -0.337. The van der Waals surface area contributed by atoms with Crippen LogP contribution in [0.1, 0.15) is 18.4 Å². The van der Waals surface area contributed by atoms with Gasteiger partial charge in [-0.25, -0.2) is 9.97 Å². The normalized spacial score (nSPS) is 15.4. The molecule has 16 heavy (non-hydrogen) atoms. The van der Waals surface area contributed by atoms with Gasteiger partial charge in [0, 0.05) is 24.8 Å². The van der Waals surface area contributed by atoms with Crippen LogP contribution in [0.4, 0.5) is 5.95 Å². The maximum atomic E-state index is 10.5. The van der Waals surface area contributed by atoms with Crippen LogP contribution in [0.5, 0.6) is 0 Å². The number of carboxylic acid groups (broad SMARTS) is 1. The smallest absolute Gasteiger partial charge is 0.307 e. The average molecular weight is 242 g/mol. The largest absolute Gasteiger partial charge is 0.481 e. The zero-order chi connectivity index (χ0) is 11.5. The van der Waals surface area contributed by atoms with Gasteiger partial charge in [-0.3, -0.25) is 4.79 Å². The van der Waals surface area contributed by atoms with Crippen LogP contribution in [0, 0.1) is 0 Å². The minimum Gasteiger partial charge on any atom is -0.481 e. The molecule has 2 heterocycles. The van der Waals surface area contributed by atoms with E-state index in [-0.39, 0.29) is 11.6 Å². The number of rotatable bonds is 3. The number of anilines is 1. The third-order valence-corrected chi connectivity index (χ3v) is 2.86. The summed E-state index contributed by atoms with van der Waals surface area (Å²) < 4.78 is 0. The zero-order valence-electron chi connectivity index (χ0n) is 8.69. The lowest BCUT2D eigenvalue weighted by molar-refractivity contribution is -0.136. The van der Waals surface area contributed by atoms with Gasteiger partial charge < -0.3 is 10.0 Å².